The van der Waals surface area contributed by atoms with Crippen LogP contribution in [0.25, 0.3) is 22.4 Å². The van der Waals surface area contributed by atoms with Crippen LogP contribution in [0.15, 0.2) is 77.4 Å². The second-order valence-electron chi connectivity index (χ2n) is 8.58. The molecule has 2 aromatic heterocycles. The van der Waals surface area contributed by atoms with Crippen LogP contribution in [-0.2, 0) is 0 Å². The number of phenols is 1. The standard InChI is InChI=1S/C28H23N5O4/c29-15-22-21(17-5-3-6-18(13-17)27(35)31-19-10-11-30-16-19)14-23(20-7-1-2-8-24(20)34)32-26(22)33-28(36)25-9-4-12-37-25/h1-9,12-14,19,30,34H,10-11,16H2,(H,31,35)(H,32,33,36). The van der Waals surface area contributed by atoms with Crippen LogP contribution in [0, 0.1) is 11.3 Å². The molecule has 0 saturated carbocycles. The average molecular weight is 494 g/mol. The van der Waals surface area contributed by atoms with Crippen LogP contribution >= 0.6 is 0 Å². The number of hydrogen-bond donors (Lipinski definition) is 4. The van der Waals surface area contributed by atoms with Crippen LogP contribution in [0.3, 0.4) is 0 Å². The van der Waals surface area contributed by atoms with Gasteiger partial charge < -0.3 is 25.5 Å². The van der Waals surface area contributed by atoms with E-state index >= 15 is 0 Å². The number of carbonyl (C=O) groups excluding carboxylic acids is 2. The molecule has 0 bridgehead atoms. The van der Waals surface area contributed by atoms with Crippen molar-refractivity contribution in [3.8, 4) is 34.2 Å². The number of anilines is 1. The molecule has 1 unspecified atom stereocenters. The van der Waals surface area contributed by atoms with Gasteiger partial charge >= 0.3 is 0 Å². The fraction of sp³-hybridized carbons (Fsp3) is 0.143. The van der Waals surface area contributed by atoms with E-state index in [1.54, 1.807) is 54.6 Å². The maximum atomic E-state index is 12.9. The molecule has 9 heteroatoms. The first kappa shape index (κ1) is 23.8. The van der Waals surface area contributed by atoms with Crippen molar-refractivity contribution in [1.82, 2.24) is 15.6 Å². The minimum atomic E-state index is -0.576. The third kappa shape index (κ3) is 5.05. The molecule has 2 aromatic carbocycles. The highest BCUT2D eigenvalue weighted by Gasteiger charge is 2.21. The number of hydrogen-bond acceptors (Lipinski definition) is 7. The number of carbonyl (C=O) groups is 2. The fourth-order valence-corrected chi connectivity index (χ4v) is 4.26. The Labute approximate surface area is 212 Å². The van der Waals surface area contributed by atoms with Gasteiger partial charge in [-0.15, -0.1) is 0 Å². The second kappa shape index (κ2) is 10.4. The molecule has 3 heterocycles. The molecule has 0 spiro atoms. The molecule has 1 aliphatic rings. The van der Waals surface area contributed by atoms with Crippen molar-refractivity contribution in [2.45, 2.75) is 12.5 Å². The van der Waals surface area contributed by atoms with Crippen LogP contribution in [0.5, 0.6) is 5.75 Å². The minimum Gasteiger partial charge on any atom is -0.507 e. The van der Waals surface area contributed by atoms with E-state index in [1.165, 1.54) is 18.4 Å². The lowest BCUT2D eigenvalue weighted by Crippen LogP contribution is -2.36. The van der Waals surface area contributed by atoms with Gasteiger partial charge in [-0.05, 0) is 61.0 Å². The Morgan fingerprint density at radius 1 is 1.05 bits per heavy atom. The van der Waals surface area contributed by atoms with Gasteiger partial charge in [0.2, 0.25) is 0 Å². The number of benzene rings is 2. The lowest BCUT2D eigenvalue weighted by atomic mass is 9.96. The number of amides is 2. The van der Waals surface area contributed by atoms with Gasteiger partial charge in [-0.2, -0.15) is 5.26 Å². The highest BCUT2D eigenvalue weighted by atomic mass is 16.3. The molecule has 4 N–H and O–H groups in total. The first-order chi connectivity index (χ1) is 18.0. The first-order valence-electron chi connectivity index (χ1n) is 11.7. The Morgan fingerprint density at radius 2 is 1.92 bits per heavy atom. The molecule has 5 rings (SSSR count). The number of aromatic hydroxyl groups is 1. The van der Waals surface area contributed by atoms with Crippen molar-refractivity contribution in [3.05, 3.63) is 89.9 Å². The molecule has 2 amide bonds. The molecule has 37 heavy (non-hydrogen) atoms. The number of nitrogens with one attached hydrogen (secondary N) is 3. The van der Waals surface area contributed by atoms with Gasteiger partial charge in [0.1, 0.15) is 17.4 Å². The Hall–Kier alpha value is -4.94. The molecule has 1 fully saturated rings. The van der Waals surface area contributed by atoms with Crippen molar-refractivity contribution >= 4 is 17.6 Å². The van der Waals surface area contributed by atoms with E-state index in [0.717, 1.165) is 19.5 Å². The largest absolute Gasteiger partial charge is 0.507 e. The third-order valence-electron chi connectivity index (χ3n) is 6.12. The maximum Gasteiger partial charge on any atom is 0.292 e. The van der Waals surface area contributed by atoms with Crippen molar-refractivity contribution in [3.63, 3.8) is 0 Å². The second-order valence-corrected chi connectivity index (χ2v) is 8.58. The van der Waals surface area contributed by atoms with E-state index in [0.29, 0.717) is 27.9 Å². The minimum absolute atomic E-state index is 0.00605. The molecule has 0 radical (unpaired) electrons. The summed E-state index contributed by atoms with van der Waals surface area (Å²) >= 11 is 0. The van der Waals surface area contributed by atoms with Crippen molar-refractivity contribution in [2.75, 3.05) is 18.4 Å². The summed E-state index contributed by atoms with van der Waals surface area (Å²) in [5, 5.41) is 29.4. The van der Waals surface area contributed by atoms with E-state index in [9.17, 15) is 20.0 Å². The molecule has 1 saturated heterocycles. The quantitative estimate of drug-likeness (QED) is 0.319. The summed E-state index contributed by atoms with van der Waals surface area (Å²) in [6.45, 7) is 1.58. The molecule has 0 aliphatic carbocycles. The number of rotatable bonds is 6. The third-order valence-corrected chi connectivity index (χ3v) is 6.12. The SMILES string of the molecule is N#Cc1c(-c2cccc(C(=O)NC3CCNC3)c2)cc(-c2ccccc2O)nc1NC(=O)c1ccco1. The average Bonchev–Trinajstić information content (AvgIpc) is 3.63. The summed E-state index contributed by atoms with van der Waals surface area (Å²) < 4.78 is 5.17. The van der Waals surface area contributed by atoms with E-state index in [1.807, 2.05) is 0 Å². The highest BCUT2D eigenvalue weighted by molar-refractivity contribution is 6.03. The Bertz CT molecular complexity index is 1500. The highest BCUT2D eigenvalue weighted by Crippen LogP contribution is 2.35. The van der Waals surface area contributed by atoms with Crippen LogP contribution in [0.1, 0.15) is 32.9 Å². The number of phenolic OH excluding ortho intramolecular Hbond substituents is 1. The van der Waals surface area contributed by atoms with Crippen molar-refractivity contribution in [2.24, 2.45) is 0 Å². The molecular formula is C28H23N5O4. The van der Waals surface area contributed by atoms with Gasteiger partial charge in [0.25, 0.3) is 11.8 Å². The topological polar surface area (TPSA) is 140 Å². The lowest BCUT2D eigenvalue weighted by molar-refractivity contribution is 0.0939. The Kier molecular flexibility index (Phi) is 6.66. The van der Waals surface area contributed by atoms with Crippen LogP contribution in [0.2, 0.25) is 0 Å². The van der Waals surface area contributed by atoms with Gasteiger partial charge in [0.05, 0.1) is 12.0 Å². The number of nitrogens with zero attached hydrogens (tertiary/aromatic N) is 2. The number of aromatic nitrogens is 1. The zero-order valence-corrected chi connectivity index (χ0v) is 19.7. The lowest BCUT2D eigenvalue weighted by Gasteiger charge is -2.15. The molecule has 9 nitrogen and oxygen atoms in total. The van der Waals surface area contributed by atoms with Gasteiger partial charge in [-0.3, -0.25) is 9.59 Å². The normalized spacial score (nSPS) is 14.6. The van der Waals surface area contributed by atoms with E-state index < -0.39 is 5.91 Å². The smallest absolute Gasteiger partial charge is 0.292 e. The van der Waals surface area contributed by atoms with E-state index in [2.05, 4.69) is 27.0 Å². The summed E-state index contributed by atoms with van der Waals surface area (Å²) in [6, 6.07) is 20.5. The van der Waals surface area contributed by atoms with Crippen LogP contribution in [0.4, 0.5) is 5.82 Å². The zero-order valence-electron chi connectivity index (χ0n) is 19.7. The first-order valence-corrected chi connectivity index (χ1v) is 11.7. The van der Waals surface area contributed by atoms with E-state index in [-0.39, 0.29) is 34.8 Å². The Morgan fingerprint density at radius 3 is 2.65 bits per heavy atom. The Balaban J connectivity index is 1.60. The summed E-state index contributed by atoms with van der Waals surface area (Å²) in [5.41, 5.74) is 2.34. The zero-order chi connectivity index (χ0) is 25.8. The number of pyridine rings is 1. The molecule has 4 aromatic rings. The van der Waals surface area contributed by atoms with Gasteiger partial charge in [-0.1, -0.05) is 24.3 Å². The van der Waals surface area contributed by atoms with Crippen LogP contribution in [-0.4, -0.2) is 41.0 Å². The van der Waals surface area contributed by atoms with Crippen molar-refractivity contribution in [1.29, 1.82) is 5.26 Å². The summed E-state index contributed by atoms with van der Waals surface area (Å²) in [7, 11) is 0. The predicted molar refractivity (Wildman–Crippen MR) is 137 cm³/mol. The number of para-hydroxylation sites is 1. The monoisotopic (exact) mass is 493 g/mol. The van der Waals surface area contributed by atoms with Gasteiger partial charge in [0.15, 0.2) is 11.6 Å². The van der Waals surface area contributed by atoms with Crippen LogP contribution < -0.4 is 16.0 Å². The molecule has 1 aliphatic heterocycles. The maximum absolute atomic E-state index is 12.9. The van der Waals surface area contributed by atoms with Crippen molar-refractivity contribution < 1.29 is 19.1 Å². The van der Waals surface area contributed by atoms with E-state index in [4.69, 9.17) is 4.42 Å². The molecule has 184 valence electrons. The fourth-order valence-electron chi connectivity index (χ4n) is 4.26. The molecular weight excluding hydrogens is 470 g/mol. The predicted octanol–water partition coefficient (Wildman–Crippen LogP) is 3.93. The summed E-state index contributed by atoms with van der Waals surface area (Å²) in [4.78, 5) is 30.1. The summed E-state index contributed by atoms with van der Waals surface area (Å²) in [5.74, 6) is -0.734. The number of furan rings is 1. The molecule has 1 atom stereocenters. The van der Waals surface area contributed by atoms with Gasteiger partial charge in [-0.25, -0.2) is 4.98 Å². The summed E-state index contributed by atoms with van der Waals surface area (Å²) in [6.07, 6.45) is 2.23. The van der Waals surface area contributed by atoms with Gasteiger partial charge in [0, 0.05) is 29.3 Å². The number of nitriles is 1.